The maximum absolute atomic E-state index is 12.1. The van der Waals surface area contributed by atoms with Gasteiger partial charge in [-0.15, -0.1) is 0 Å². The van der Waals surface area contributed by atoms with Gasteiger partial charge in [0.2, 0.25) is 5.91 Å². The highest BCUT2D eigenvalue weighted by atomic mass is 16.2. The van der Waals surface area contributed by atoms with E-state index in [4.69, 9.17) is 5.73 Å². The highest BCUT2D eigenvalue weighted by molar-refractivity contribution is 6.09. The van der Waals surface area contributed by atoms with Crippen molar-refractivity contribution in [2.24, 2.45) is 5.73 Å². The van der Waals surface area contributed by atoms with Gasteiger partial charge in [-0.3, -0.25) is 14.4 Å². The number of carbonyl (C=O) groups is 3. The van der Waals surface area contributed by atoms with Gasteiger partial charge in [-0.05, 0) is 24.3 Å². The molecule has 0 saturated heterocycles. The Hall–Kier alpha value is -3.15. The van der Waals surface area contributed by atoms with Crippen LogP contribution in [0.4, 0.5) is 5.69 Å². The molecule has 0 atom stereocenters. The fourth-order valence-corrected chi connectivity index (χ4v) is 1.84. The first-order chi connectivity index (χ1) is 10.6. The number of anilines is 1. The normalized spacial score (nSPS) is 9.82. The summed E-state index contributed by atoms with van der Waals surface area (Å²) in [5, 5.41) is 5.07. The van der Waals surface area contributed by atoms with Gasteiger partial charge >= 0.3 is 0 Å². The highest BCUT2D eigenvalue weighted by Crippen LogP contribution is 2.16. The first-order valence-corrected chi connectivity index (χ1v) is 6.60. The van der Waals surface area contributed by atoms with Crippen molar-refractivity contribution in [2.75, 3.05) is 11.9 Å². The molecule has 2 aromatic carbocycles. The van der Waals surface area contributed by atoms with Crippen LogP contribution < -0.4 is 16.4 Å². The number of nitrogens with two attached hydrogens (primary N) is 1. The van der Waals surface area contributed by atoms with Gasteiger partial charge in [0.15, 0.2) is 0 Å². The van der Waals surface area contributed by atoms with E-state index in [1.807, 2.05) is 6.07 Å². The van der Waals surface area contributed by atoms with E-state index >= 15 is 0 Å². The summed E-state index contributed by atoms with van der Waals surface area (Å²) in [5.74, 6) is -1.45. The molecular weight excluding hydrogens is 282 g/mol. The van der Waals surface area contributed by atoms with Crippen molar-refractivity contribution in [3.63, 3.8) is 0 Å². The van der Waals surface area contributed by atoms with Crippen LogP contribution in [0, 0.1) is 0 Å². The molecule has 2 rings (SSSR count). The molecule has 0 radical (unpaired) electrons. The molecule has 4 N–H and O–H groups in total. The first-order valence-electron chi connectivity index (χ1n) is 6.60. The third-order valence-corrected chi connectivity index (χ3v) is 2.88. The van der Waals surface area contributed by atoms with Crippen LogP contribution in [0.5, 0.6) is 0 Å². The van der Waals surface area contributed by atoms with Crippen LogP contribution in [-0.2, 0) is 4.79 Å². The number of para-hydroxylation sites is 1. The lowest BCUT2D eigenvalue weighted by atomic mass is 10.1. The highest BCUT2D eigenvalue weighted by Gasteiger charge is 2.14. The predicted molar refractivity (Wildman–Crippen MR) is 82.4 cm³/mol. The molecule has 22 heavy (non-hydrogen) atoms. The number of primary amides is 1. The zero-order chi connectivity index (χ0) is 15.9. The van der Waals surface area contributed by atoms with Gasteiger partial charge in [0.25, 0.3) is 11.8 Å². The van der Waals surface area contributed by atoms with Gasteiger partial charge in [-0.1, -0.05) is 30.3 Å². The predicted octanol–water partition coefficient (Wildman–Crippen LogP) is 1.15. The van der Waals surface area contributed by atoms with Crippen molar-refractivity contribution in [3.05, 3.63) is 65.7 Å². The number of hydrogen-bond donors (Lipinski definition) is 3. The van der Waals surface area contributed by atoms with E-state index in [1.54, 1.807) is 48.5 Å². The lowest BCUT2D eigenvalue weighted by Gasteiger charge is -2.11. The Bertz CT molecular complexity index is 699. The molecule has 0 spiro atoms. The molecule has 0 fully saturated rings. The molecule has 0 aromatic heterocycles. The van der Waals surface area contributed by atoms with Gasteiger partial charge < -0.3 is 16.4 Å². The Morgan fingerprint density at radius 1 is 0.864 bits per heavy atom. The van der Waals surface area contributed by atoms with Gasteiger partial charge in [0.05, 0.1) is 17.8 Å². The number of rotatable bonds is 5. The van der Waals surface area contributed by atoms with Crippen molar-refractivity contribution in [1.29, 1.82) is 0 Å². The molecule has 0 unspecified atom stereocenters. The molecule has 0 aliphatic heterocycles. The number of carbonyl (C=O) groups excluding carboxylic acids is 3. The Kier molecular flexibility index (Phi) is 4.87. The first kappa shape index (κ1) is 15.2. The van der Waals surface area contributed by atoms with Gasteiger partial charge in [0, 0.05) is 5.56 Å². The van der Waals surface area contributed by atoms with Gasteiger partial charge in [-0.25, -0.2) is 0 Å². The monoisotopic (exact) mass is 297 g/mol. The summed E-state index contributed by atoms with van der Waals surface area (Å²) in [6, 6.07) is 15.2. The summed E-state index contributed by atoms with van der Waals surface area (Å²) in [6.45, 7) is -0.264. The van der Waals surface area contributed by atoms with Gasteiger partial charge in [-0.2, -0.15) is 0 Å². The molecule has 3 amide bonds. The summed E-state index contributed by atoms with van der Waals surface area (Å²) < 4.78 is 0. The molecule has 6 nitrogen and oxygen atoms in total. The molecule has 6 heteroatoms. The third kappa shape index (κ3) is 3.92. The smallest absolute Gasteiger partial charge is 0.255 e. The molecule has 0 aliphatic carbocycles. The fourth-order valence-electron chi connectivity index (χ4n) is 1.84. The van der Waals surface area contributed by atoms with E-state index in [2.05, 4.69) is 10.6 Å². The van der Waals surface area contributed by atoms with Crippen LogP contribution in [0.15, 0.2) is 54.6 Å². The standard InChI is InChI=1S/C16H15N3O3/c17-14(20)10-18-16(22)12-8-4-5-9-13(12)19-15(21)11-6-2-1-3-7-11/h1-9H,10H2,(H2,17,20)(H,18,22)(H,19,21). The summed E-state index contributed by atoms with van der Waals surface area (Å²) in [7, 11) is 0. The SMILES string of the molecule is NC(=O)CNC(=O)c1ccccc1NC(=O)c1ccccc1. The summed E-state index contributed by atoms with van der Waals surface area (Å²) in [6.07, 6.45) is 0. The second-order valence-corrected chi connectivity index (χ2v) is 4.51. The quantitative estimate of drug-likeness (QED) is 0.771. The average molecular weight is 297 g/mol. The minimum absolute atomic E-state index is 0.257. The summed E-state index contributed by atoms with van der Waals surface area (Å²) in [5.41, 5.74) is 6.09. The summed E-state index contributed by atoms with van der Waals surface area (Å²) >= 11 is 0. The van der Waals surface area contributed by atoms with Crippen LogP contribution in [0.1, 0.15) is 20.7 Å². The zero-order valence-electron chi connectivity index (χ0n) is 11.7. The fraction of sp³-hybridized carbons (Fsp3) is 0.0625. The zero-order valence-corrected chi connectivity index (χ0v) is 11.7. The van der Waals surface area contributed by atoms with Crippen molar-refractivity contribution in [1.82, 2.24) is 5.32 Å². The Balaban J connectivity index is 2.16. The molecule has 0 heterocycles. The molecule has 0 aliphatic rings. The van der Waals surface area contributed by atoms with Crippen LogP contribution in [0.2, 0.25) is 0 Å². The van der Waals surface area contributed by atoms with Crippen LogP contribution >= 0.6 is 0 Å². The van der Waals surface area contributed by atoms with Crippen LogP contribution in [0.25, 0.3) is 0 Å². The van der Waals surface area contributed by atoms with Crippen molar-refractivity contribution in [2.45, 2.75) is 0 Å². The molecular formula is C16H15N3O3. The second kappa shape index (κ2) is 7.03. The minimum Gasteiger partial charge on any atom is -0.368 e. The van der Waals surface area contributed by atoms with Crippen LogP contribution in [-0.4, -0.2) is 24.3 Å². The lowest BCUT2D eigenvalue weighted by molar-refractivity contribution is -0.117. The van der Waals surface area contributed by atoms with E-state index in [0.717, 1.165) is 0 Å². The van der Waals surface area contributed by atoms with E-state index in [1.165, 1.54) is 0 Å². The van der Waals surface area contributed by atoms with Crippen molar-refractivity contribution in [3.8, 4) is 0 Å². The van der Waals surface area contributed by atoms with Crippen molar-refractivity contribution < 1.29 is 14.4 Å². The average Bonchev–Trinajstić information content (AvgIpc) is 2.54. The molecule has 2 aromatic rings. The maximum atomic E-state index is 12.1. The van der Waals surface area contributed by atoms with E-state index in [9.17, 15) is 14.4 Å². The Morgan fingerprint density at radius 2 is 1.50 bits per heavy atom. The van der Waals surface area contributed by atoms with E-state index < -0.39 is 11.8 Å². The molecule has 112 valence electrons. The third-order valence-electron chi connectivity index (χ3n) is 2.88. The number of hydrogen-bond acceptors (Lipinski definition) is 3. The Morgan fingerprint density at radius 3 is 2.18 bits per heavy atom. The van der Waals surface area contributed by atoms with E-state index in [0.29, 0.717) is 11.3 Å². The topological polar surface area (TPSA) is 101 Å². The number of nitrogens with one attached hydrogen (secondary N) is 2. The van der Waals surface area contributed by atoms with Gasteiger partial charge in [0.1, 0.15) is 0 Å². The van der Waals surface area contributed by atoms with E-state index in [-0.39, 0.29) is 18.0 Å². The molecule has 0 saturated carbocycles. The maximum Gasteiger partial charge on any atom is 0.255 e. The number of benzene rings is 2. The second-order valence-electron chi connectivity index (χ2n) is 4.51. The van der Waals surface area contributed by atoms with Crippen molar-refractivity contribution >= 4 is 23.4 Å². The van der Waals surface area contributed by atoms with Crippen LogP contribution in [0.3, 0.4) is 0 Å². The Labute approximate surface area is 127 Å². The largest absolute Gasteiger partial charge is 0.368 e. The number of amides is 3. The lowest BCUT2D eigenvalue weighted by Crippen LogP contribution is -2.33. The minimum atomic E-state index is -0.640. The molecule has 0 bridgehead atoms. The summed E-state index contributed by atoms with van der Waals surface area (Å²) in [4.78, 5) is 34.9.